The van der Waals surface area contributed by atoms with Crippen LogP contribution in [-0.2, 0) is 14.3 Å². The van der Waals surface area contributed by atoms with Crippen molar-refractivity contribution in [2.45, 2.75) is 25.0 Å². The fourth-order valence-electron chi connectivity index (χ4n) is 4.20. The number of amides is 1. The zero-order chi connectivity index (χ0) is 22.0. The summed E-state index contributed by atoms with van der Waals surface area (Å²) in [5, 5.41) is 11.0. The Labute approximate surface area is 180 Å². The Balaban J connectivity index is 1.85. The van der Waals surface area contributed by atoms with E-state index in [9.17, 15) is 14.7 Å². The molecular formula is C24H25NO6. The number of likely N-dealkylation sites (tertiary alicyclic amines) is 1. The van der Waals surface area contributed by atoms with E-state index in [1.165, 1.54) is 19.1 Å². The van der Waals surface area contributed by atoms with Crippen LogP contribution in [0.4, 0.5) is 0 Å². The van der Waals surface area contributed by atoms with Crippen LogP contribution in [0.25, 0.3) is 5.76 Å². The van der Waals surface area contributed by atoms with Gasteiger partial charge in [-0.3, -0.25) is 9.59 Å². The van der Waals surface area contributed by atoms with Gasteiger partial charge in [0.2, 0.25) is 0 Å². The van der Waals surface area contributed by atoms with Gasteiger partial charge >= 0.3 is 0 Å². The van der Waals surface area contributed by atoms with Gasteiger partial charge in [-0.15, -0.1) is 0 Å². The predicted octanol–water partition coefficient (Wildman–Crippen LogP) is 3.30. The summed E-state index contributed by atoms with van der Waals surface area (Å²) < 4.78 is 16.5. The van der Waals surface area contributed by atoms with Crippen LogP contribution in [0.2, 0.25) is 0 Å². The smallest absolute Gasteiger partial charge is 0.295 e. The molecule has 7 nitrogen and oxygen atoms in total. The fourth-order valence-corrected chi connectivity index (χ4v) is 4.20. The molecule has 0 bridgehead atoms. The number of ether oxygens (including phenoxy) is 3. The lowest BCUT2D eigenvalue weighted by Crippen LogP contribution is -2.36. The van der Waals surface area contributed by atoms with Gasteiger partial charge in [0, 0.05) is 18.7 Å². The maximum atomic E-state index is 13.1. The normalized spacial score (nSPS) is 22.7. The van der Waals surface area contributed by atoms with Crippen molar-refractivity contribution < 1.29 is 28.9 Å². The van der Waals surface area contributed by atoms with E-state index in [0.29, 0.717) is 29.2 Å². The monoisotopic (exact) mass is 423 g/mol. The van der Waals surface area contributed by atoms with Crippen molar-refractivity contribution in [2.24, 2.45) is 0 Å². The molecule has 2 saturated heterocycles. The Morgan fingerprint density at radius 1 is 1.10 bits per heavy atom. The van der Waals surface area contributed by atoms with Crippen molar-refractivity contribution in [3.63, 3.8) is 0 Å². The molecule has 2 aromatic carbocycles. The van der Waals surface area contributed by atoms with Gasteiger partial charge in [0.1, 0.15) is 5.76 Å². The Morgan fingerprint density at radius 2 is 1.84 bits per heavy atom. The van der Waals surface area contributed by atoms with E-state index in [1.54, 1.807) is 42.5 Å². The number of aliphatic hydroxyl groups is 1. The molecule has 0 radical (unpaired) electrons. The fraction of sp³-hybridized carbons (Fsp3) is 0.333. The van der Waals surface area contributed by atoms with Crippen LogP contribution in [-0.4, -0.2) is 55.2 Å². The molecule has 1 amide bonds. The first-order chi connectivity index (χ1) is 15.0. The number of aliphatic hydroxyl groups excluding tert-OH is 1. The van der Waals surface area contributed by atoms with Crippen LogP contribution in [0.1, 0.15) is 30.0 Å². The van der Waals surface area contributed by atoms with Crippen molar-refractivity contribution in [1.29, 1.82) is 0 Å². The molecule has 0 unspecified atom stereocenters. The highest BCUT2D eigenvalue weighted by Gasteiger charge is 2.47. The second-order valence-corrected chi connectivity index (χ2v) is 7.57. The zero-order valence-electron chi connectivity index (χ0n) is 17.5. The summed E-state index contributed by atoms with van der Waals surface area (Å²) in [5.41, 5.74) is 1.18. The lowest BCUT2D eigenvalue weighted by atomic mass is 9.95. The van der Waals surface area contributed by atoms with Crippen LogP contribution in [0, 0.1) is 0 Å². The predicted molar refractivity (Wildman–Crippen MR) is 114 cm³/mol. The van der Waals surface area contributed by atoms with E-state index in [1.807, 2.05) is 6.07 Å². The maximum absolute atomic E-state index is 13.1. The van der Waals surface area contributed by atoms with E-state index >= 15 is 0 Å². The first-order valence-electron chi connectivity index (χ1n) is 10.2. The van der Waals surface area contributed by atoms with Crippen LogP contribution >= 0.6 is 0 Å². The molecule has 1 N–H and O–H groups in total. The number of hydrogen-bond acceptors (Lipinski definition) is 6. The SMILES string of the molecule is COc1ccc([C@H]2/C(=C(\O)c3ccccc3)C(=O)C(=O)N2C[C@@H]2CCCO2)cc1OC. The number of Topliss-reactive ketones (excluding diaryl/α,β-unsaturated/α-hetero) is 1. The van der Waals surface area contributed by atoms with E-state index < -0.39 is 17.7 Å². The minimum atomic E-state index is -0.760. The first kappa shape index (κ1) is 20.9. The Kier molecular flexibility index (Phi) is 5.95. The highest BCUT2D eigenvalue weighted by Crippen LogP contribution is 2.42. The minimum absolute atomic E-state index is 0.0569. The third kappa shape index (κ3) is 3.88. The van der Waals surface area contributed by atoms with Gasteiger partial charge in [0.25, 0.3) is 11.7 Å². The highest BCUT2D eigenvalue weighted by molar-refractivity contribution is 6.46. The molecule has 162 valence electrons. The molecule has 0 aromatic heterocycles. The summed E-state index contributed by atoms with van der Waals surface area (Å²) in [6.45, 7) is 0.911. The topological polar surface area (TPSA) is 85.3 Å². The van der Waals surface area contributed by atoms with E-state index in [4.69, 9.17) is 14.2 Å². The molecular weight excluding hydrogens is 398 g/mol. The van der Waals surface area contributed by atoms with Gasteiger partial charge in [-0.25, -0.2) is 0 Å². The molecule has 0 aliphatic carbocycles. The molecule has 2 fully saturated rings. The van der Waals surface area contributed by atoms with E-state index in [0.717, 1.165) is 12.8 Å². The number of carbonyl (C=O) groups excluding carboxylic acids is 2. The molecule has 0 spiro atoms. The quantitative estimate of drug-likeness (QED) is 0.436. The van der Waals surface area contributed by atoms with Crippen LogP contribution in [0.5, 0.6) is 11.5 Å². The second kappa shape index (κ2) is 8.81. The average Bonchev–Trinajstić information content (AvgIpc) is 3.41. The van der Waals surface area contributed by atoms with Crippen molar-refractivity contribution in [3.8, 4) is 11.5 Å². The Morgan fingerprint density at radius 3 is 2.48 bits per heavy atom. The van der Waals surface area contributed by atoms with Crippen molar-refractivity contribution in [3.05, 3.63) is 65.2 Å². The summed E-state index contributed by atoms with van der Waals surface area (Å²) in [7, 11) is 3.06. The Hall–Kier alpha value is -3.32. The number of benzene rings is 2. The largest absolute Gasteiger partial charge is 0.507 e. The van der Waals surface area contributed by atoms with Crippen molar-refractivity contribution in [2.75, 3.05) is 27.4 Å². The summed E-state index contributed by atoms with van der Waals surface area (Å²) >= 11 is 0. The Bertz CT molecular complexity index is 1010. The summed E-state index contributed by atoms with van der Waals surface area (Å²) in [5.74, 6) is -0.548. The lowest BCUT2D eigenvalue weighted by Gasteiger charge is -2.28. The molecule has 2 aliphatic rings. The average molecular weight is 423 g/mol. The van der Waals surface area contributed by atoms with Crippen LogP contribution in [0.3, 0.4) is 0 Å². The van der Waals surface area contributed by atoms with Gasteiger partial charge < -0.3 is 24.2 Å². The third-order valence-corrected chi connectivity index (χ3v) is 5.73. The lowest BCUT2D eigenvalue weighted by molar-refractivity contribution is -0.140. The van der Waals surface area contributed by atoms with Gasteiger partial charge in [-0.1, -0.05) is 36.4 Å². The molecule has 2 heterocycles. The molecule has 2 aromatic rings. The van der Waals surface area contributed by atoms with Crippen LogP contribution in [0.15, 0.2) is 54.1 Å². The molecule has 7 heteroatoms. The van der Waals surface area contributed by atoms with Gasteiger partial charge in [-0.05, 0) is 30.5 Å². The van der Waals surface area contributed by atoms with Crippen molar-refractivity contribution >= 4 is 17.4 Å². The summed E-state index contributed by atoms with van der Waals surface area (Å²) in [6.07, 6.45) is 1.59. The first-order valence-corrected chi connectivity index (χ1v) is 10.2. The highest BCUT2D eigenvalue weighted by atomic mass is 16.5. The number of carbonyl (C=O) groups is 2. The van der Waals surface area contributed by atoms with Gasteiger partial charge in [0.05, 0.1) is 31.9 Å². The molecule has 2 aliphatic heterocycles. The second-order valence-electron chi connectivity index (χ2n) is 7.57. The van der Waals surface area contributed by atoms with Gasteiger partial charge in [-0.2, -0.15) is 0 Å². The minimum Gasteiger partial charge on any atom is -0.507 e. The van der Waals surface area contributed by atoms with E-state index in [2.05, 4.69) is 0 Å². The molecule has 2 atom stereocenters. The molecule has 31 heavy (non-hydrogen) atoms. The molecule has 4 rings (SSSR count). The number of hydrogen-bond donors (Lipinski definition) is 1. The molecule has 0 saturated carbocycles. The van der Waals surface area contributed by atoms with Crippen LogP contribution < -0.4 is 9.47 Å². The maximum Gasteiger partial charge on any atom is 0.295 e. The summed E-state index contributed by atoms with van der Waals surface area (Å²) in [6, 6.07) is 13.2. The van der Waals surface area contributed by atoms with Crippen molar-refractivity contribution in [1.82, 2.24) is 4.90 Å². The van der Waals surface area contributed by atoms with Gasteiger partial charge in [0.15, 0.2) is 11.5 Å². The number of ketones is 1. The standard InChI is InChI=1S/C24H25NO6/c1-29-18-11-10-16(13-19(18)30-2)21-20(22(26)15-7-4-3-5-8-15)23(27)24(28)25(21)14-17-9-6-12-31-17/h3-5,7-8,10-11,13,17,21,26H,6,9,12,14H2,1-2H3/b22-20+/t17-,21-/m0/s1. The number of nitrogens with zero attached hydrogens (tertiary/aromatic N) is 1. The van der Waals surface area contributed by atoms with E-state index in [-0.39, 0.29) is 24.0 Å². The number of methoxy groups -OCH3 is 2. The zero-order valence-corrected chi connectivity index (χ0v) is 17.5. The summed E-state index contributed by atoms with van der Waals surface area (Å²) in [4.78, 5) is 27.6. The number of rotatable bonds is 6. The third-order valence-electron chi connectivity index (χ3n) is 5.73.